The summed E-state index contributed by atoms with van der Waals surface area (Å²) >= 11 is 0. The van der Waals surface area contributed by atoms with Gasteiger partial charge >= 0.3 is 0 Å². The quantitative estimate of drug-likeness (QED) is 0.408. The first-order valence-electron chi connectivity index (χ1n) is 11.5. The molecule has 0 aliphatic rings. The summed E-state index contributed by atoms with van der Waals surface area (Å²) in [5.41, 5.74) is 4.81. The molecule has 0 bridgehead atoms. The topological polar surface area (TPSA) is 69.8 Å². The van der Waals surface area contributed by atoms with Crippen molar-refractivity contribution >= 4 is 16.9 Å². The van der Waals surface area contributed by atoms with Gasteiger partial charge in [0.2, 0.25) is 0 Å². The van der Waals surface area contributed by atoms with Crippen LogP contribution in [0.15, 0.2) is 52.4 Å². The van der Waals surface area contributed by atoms with Crippen molar-refractivity contribution in [1.82, 2.24) is 19.1 Å². The molecule has 0 saturated carbocycles. The summed E-state index contributed by atoms with van der Waals surface area (Å²) in [5.74, 6) is 0.769. The number of hydrogen-bond acceptors (Lipinski definition) is 4. The molecule has 6 nitrogen and oxygen atoms in total. The number of imidazole rings is 1. The Morgan fingerprint density at radius 3 is 2.25 bits per heavy atom. The Kier molecular flexibility index (Phi) is 9.82. The maximum atomic E-state index is 12.1. The molecular weight excluding hydrogens is 400 g/mol. The Morgan fingerprint density at radius 1 is 0.969 bits per heavy atom. The number of carbonyl (C=O) groups is 1. The van der Waals surface area contributed by atoms with Gasteiger partial charge in [0.25, 0.3) is 5.56 Å². The average molecular weight is 439 g/mol. The van der Waals surface area contributed by atoms with Crippen LogP contribution < -0.4 is 5.56 Å². The Hall–Kier alpha value is -2.76. The molecule has 0 fully saturated rings. The highest BCUT2D eigenvalue weighted by Gasteiger charge is 2.08. The fourth-order valence-electron chi connectivity index (χ4n) is 3.70. The Balaban J connectivity index is 1.79. The molecule has 0 unspecified atom stereocenters. The van der Waals surface area contributed by atoms with E-state index in [1.54, 1.807) is 10.9 Å². The van der Waals surface area contributed by atoms with Gasteiger partial charge < -0.3 is 9.13 Å². The monoisotopic (exact) mass is 438 g/mol. The van der Waals surface area contributed by atoms with Gasteiger partial charge in [0.1, 0.15) is 12.1 Å². The van der Waals surface area contributed by atoms with Crippen molar-refractivity contribution in [1.29, 1.82) is 0 Å². The molecule has 0 N–H and O–H groups in total. The van der Waals surface area contributed by atoms with Crippen LogP contribution in [0.1, 0.15) is 73.1 Å². The third-order valence-corrected chi connectivity index (χ3v) is 5.51. The highest BCUT2D eigenvalue weighted by atomic mass is 16.1. The lowest BCUT2D eigenvalue weighted by molar-refractivity contribution is -0.119. The number of rotatable bonds is 12. The van der Waals surface area contributed by atoms with Gasteiger partial charge in [-0.05, 0) is 52.4 Å². The second kappa shape index (κ2) is 12.3. The van der Waals surface area contributed by atoms with Crippen LogP contribution in [-0.4, -0.2) is 24.9 Å². The van der Waals surface area contributed by atoms with Gasteiger partial charge in [-0.3, -0.25) is 9.59 Å². The zero-order valence-corrected chi connectivity index (χ0v) is 20.5. The Morgan fingerprint density at radius 2 is 1.59 bits per heavy atom. The molecule has 2 aromatic heterocycles. The summed E-state index contributed by atoms with van der Waals surface area (Å²) in [6, 6.07) is 0. The smallest absolute Gasteiger partial charge is 0.298 e. The molecule has 2 aromatic rings. The van der Waals surface area contributed by atoms with Crippen molar-refractivity contribution in [3.63, 3.8) is 0 Å². The van der Waals surface area contributed by atoms with Crippen molar-refractivity contribution in [2.45, 2.75) is 79.7 Å². The average Bonchev–Trinajstić information content (AvgIpc) is 3.14. The molecule has 0 amide bonds. The minimum atomic E-state index is -0.242. The minimum Gasteiger partial charge on any atom is -0.321 e. The lowest BCUT2D eigenvalue weighted by Gasteiger charge is -2.05. The molecule has 0 aromatic carbocycles. The molecule has 6 heteroatoms. The fraction of sp³-hybridized carbons (Fsp3) is 0.538. The fourth-order valence-corrected chi connectivity index (χ4v) is 3.70. The molecule has 32 heavy (non-hydrogen) atoms. The van der Waals surface area contributed by atoms with E-state index in [0.29, 0.717) is 42.3 Å². The van der Waals surface area contributed by atoms with Crippen molar-refractivity contribution in [2.24, 2.45) is 13.0 Å². The first-order valence-corrected chi connectivity index (χ1v) is 11.5. The molecular formula is C26H38N4O2. The highest BCUT2D eigenvalue weighted by molar-refractivity contribution is 5.80. The summed E-state index contributed by atoms with van der Waals surface area (Å²) in [6.45, 7) is 11.1. The summed E-state index contributed by atoms with van der Waals surface area (Å²) in [5, 5.41) is 0. The summed E-state index contributed by atoms with van der Waals surface area (Å²) in [4.78, 5) is 32.2. The van der Waals surface area contributed by atoms with E-state index >= 15 is 0 Å². The second-order valence-corrected chi connectivity index (χ2v) is 9.27. The highest BCUT2D eigenvalue weighted by Crippen LogP contribution is 2.14. The number of hydrogen-bond donors (Lipinski definition) is 0. The normalized spacial score (nSPS) is 13.4. The second-order valence-electron chi connectivity index (χ2n) is 9.27. The Labute approximate surface area is 191 Å². The largest absolute Gasteiger partial charge is 0.321 e. The molecule has 2 heterocycles. The van der Waals surface area contributed by atoms with Crippen LogP contribution in [0.2, 0.25) is 0 Å². The summed E-state index contributed by atoms with van der Waals surface area (Å²) in [7, 11) is 1.84. The first-order chi connectivity index (χ1) is 15.2. The zero-order valence-electron chi connectivity index (χ0n) is 20.5. The van der Waals surface area contributed by atoms with E-state index in [2.05, 4.69) is 62.8 Å². The van der Waals surface area contributed by atoms with Crippen LogP contribution in [0.4, 0.5) is 0 Å². The van der Waals surface area contributed by atoms with Crippen molar-refractivity contribution in [3.05, 3.63) is 58.0 Å². The predicted octanol–water partition coefficient (Wildman–Crippen LogP) is 5.53. The Bertz CT molecular complexity index is 1070. The molecule has 0 saturated heterocycles. The number of aryl methyl sites for hydroxylation is 1. The van der Waals surface area contributed by atoms with Crippen LogP contribution >= 0.6 is 0 Å². The molecule has 0 aliphatic heterocycles. The van der Waals surface area contributed by atoms with E-state index in [1.807, 2.05) is 11.6 Å². The van der Waals surface area contributed by atoms with Gasteiger partial charge in [-0.25, -0.2) is 4.98 Å². The van der Waals surface area contributed by atoms with Gasteiger partial charge in [-0.15, -0.1) is 0 Å². The van der Waals surface area contributed by atoms with Crippen LogP contribution in [-0.2, 0) is 18.4 Å². The number of fused-ring (bicyclic) bond motifs is 1. The minimum absolute atomic E-state index is 0.242. The number of carbonyl (C=O) groups excluding carboxylic acids is 1. The lowest BCUT2D eigenvalue weighted by Crippen LogP contribution is -2.13. The maximum Gasteiger partial charge on any atom is 0.298 e. The molecule has 0 aliphatic carbocycles. The van der Waals surface area contributed by atoms with Crippen molar-refractivity contribution in [2.75, 3.05) is 0 Å². The third kappa shape index (κ3) is 8.06. The standard InChI is InChI=1S/C26H38N4O2/c1-19(2)15-23(31)16-22(5)12-8-10-20(3)9-7-11-21(4)13-14-30-18-27-25-24(30)26(32)28-17-29(25)6/h9,12-13,17-19H,7-8,10-11,14-16H2,1-6H3/b20-9+,21-13+,22-12+. The van der Waals surface area contributed by atoms with Crippen LogP contribution in [0, 0.1) is 5.92 Å². The van der Waals surface area contributed by atoms with E-state index in [9.17, 15) is 9.59 Å². The van der Waals surface area contributed by atoms with Gasteiger partial charge in [-0.1, -0.05) is 48.8 Å². The lowest BCUT2D eigenvalue weighted by atomic mass is 10.0. The third-order valence-electron chi connectivity index (χ3n) is 5.51. The predicted molar refractivity (Wildman–Crippen MR) is 132 cm³/mol. The number of ketones is 1. The van der Waals surface area contributed by atoms with Crippen LogP contribution in [0.3, 0.4) is 0 Å². The van der Waals surface area contributed by atoms with Crippen molar-refractivity contribution < 1.29 is 4.79 Å². The summed E-state index contributed by atoms with van der Waals surface area (Å²) < 4.78 is 3.62. The van der Waals surface area contributed by atoms with E-state index < -0.39 is 0 Å². The number of aromatic nitrogens is 4. The van der Waals surface area contributed by atoms with E-state index in [1.165, 1.54) is 23.0 Å². The number of Topliss-reactive ketones (excluding diaryl/α,β-unsaturated/α-hetero) is 1. The molecule has 174 valence electrons. The van der Waals surface area contributed by atoms with Gasteiger partial charge in [0, 0.05) is 26.4 Å². The number of allylic oxidation sites excluding steroid dienone is 6. The van der Waals surface area contributed by atoms with Crippen LogP contribution in [0.5, 0.6) is 0 Å². The zero-order chi connectivity index (χ0) is 23.7. The number of nitrogens with zero attached hydrogens (tertiary/aromatic N) is 4. The van der Waals surface area contributed by atoms with E-state index in [4.69, 9.17) is 0 Å². The molecule has 2 rings (SSSR count). The van der Waals surface area contributed by atoms with Gasteiger partial charge in [0.15, 0.2) is 11.2 Å². The van der Waals surface area contributed by atoms with Crippen molar-refractivity contribution in [3.8, 4) is 0 Å². The van der Waals surface area contributed by atoms with Gasteiger partial charge in [-0.2, -0.15) is 4.98 Å². The van der Waals surface area contributed by atoms with Crippen LogP contribution in [0.25, 0.3) is 11.2 Å². The van der Waals surface area contributed by atoms with E-state index in [-0.39, 0.29) is 5.56 Å². The van der Waals surface area contributed by atoms with Gasteiger partial charge in [0.05, 0.1) is 6.33 Å². The molecule has 0 atom stereocenters. The molecule has 0 spiro atoms. The first kappa shape index (κ1) is 25.5. The van der Waals surface area contributed by atoms with E-state index in [0.717, 1.165) is 25.7 Å². The summed E-state index contributed by atoms with van der Waals surface area (Å²) in [6.07, 6.45) is 15.1. The SMILES string of the molecule is C/C(=C\CC/C(C)=C/Cn1cnc2c1c(=O)ncn2C)CC/C=C(\C)CC(=O)CC(C)C. The maximum absolute atomic E-state index is 12.1. The molecule has 0 radical (unpaired) electrons.